The van der Waals surface area contributed by atoms with Gasteiger partial charge in [0.15, 0.2) is 0 Å². The van der Waals surface area contributed by atoms with E-state index in [1.54, 1.807) is 16.2 Å². The van der Waals surface area contributed by atoms with Crippen LogP contribution in [0.4, 0.5) is 0 Å². The van der Waals surface area contributed by atoms with Crippen molar-refractivity contribution < 1.29 is 14.3 Å². The van der Waals surface area contributed by atoms with Gasteiger partial charge in [-0.15, -0.1) is 11.3 Å². The molecule has 1 saturated heterocycles. The minimum Gasteiger partial charge on any atom is -0.467 e. The summed E-state index contributed by atoms with van der Waals surface area (Å²) in [5.41, 5.74) is 0. The lowest BCUT2D eigenvalue weighted by atomic mass is 10.2. The van der Waals surface area contributed by atoms with Crippen molar-refractivity contribution in [2.45, 2.75) is 25.4 Å². The molecule has 0 N–H and O–H groups in total. The molecule has 0 bridgehead atoms. The zero-order valence-corrected chi connectivity index (χ0v) is 9.83. The highest BCUT2D eigenvalue weighted by Gasteiger charge is 2.36. The first-order chi connectivity index (χ1) is 7.72. The standard InChI is InChI=1S/C11H13NO3S/c1-15-11(14)9-4-5-10(13)12(9)7-8-3-2-6-16-8/h2-3,6,9H,4-5,7H2,1H3. The number of carbonyl (C=O) groups is 2. The van der Waals surface area contributed by atoms with Gasteiger partial charge < -0.3 is 9.64 Å². The second-order valence-electron chi connectivity index (χ2n) is 3.68. The second kappa shape index (κ2) is 4.65. The normalized spacial score (nSPS) is 20.2. The number of amides is 1. The van der Waals surface area contributed by atoms with Gasteiger partial charge >= 0.3 is 5.97 Å². The van der Waals surface area contributed by atoms with Gasteiger partial charge in [-0.05, 0) is 17.9 Å². The maximum Gasteiger partial charge on any atom is 0.328 e. The van der Waals surface area contributed by atoms with Crippen LogP contribution >= 0.6 is 11.3 Å². The molecular weight excluding hydrogens is 226 g/mol. The Hall–Kier alpha value is -1.36. The Kier molecular flexibility index (Phi) is 3.24. The third-order valence-electron chi connectivity index (χ3n) is 2.71. The molecule has 1 aliphatic heterocycles. The fraction of sp³-hybridized carbons (Fsp3) is 0.455. The average Bonchev–Trinajstić information content (AvgIpc) is 2.90. The van der Waals surface area contributed by atoms with Gasteiger partial charge in [0.1, 0.15) is 6.04 Å². The summed E-state index contributed by atoms with van der Waals surface area (Å²) in [6, 6.07) is 3.50. The smallest absolute Gasteiger partial charge is 0.328 e. The first kappa shape index (κ1) is 11.1. The molecule has 0 radical (unpaired) electrons. The van der Waals surface area contributed by atoms with Crippen LogP contribution < -0.4 is 0 Å². The number of likely N-dealkylation sites (tertiary alicyclic amines) is 1. The molecule has 16 heavy (non-hydrogen) atoms. The van der Waals surface area contributed by atoms with Gasteiger partial charge in [0, 0.05) is 11.3 Å². The number of rotatable bonds is 3. The molecule has 4 nitrogen and oxygen atoms in total. The maximum atomic E-state index is 11.7. The van der Waals surface area contributed by atoms with E-state index in [4.69, 9.17) is 4.74 Å². The summed E-state index contributed by atoms with van der Waals surface area (Å²) in [6.45, 7) is 0.510. The Morgan fingerprint density at radius 1 is 1.69 bits per heavy atom. The van der Waals surface area contributed by atoms with E-state index in [2.05, 4.69) is 0 Å². The van der Waals surface area contributed by atoms with E-state index < -0.39 is 6.04 Å². The highest BCUT2D eigenvalue weighted by Crippen LogP contribution is 2.23. The molecule has 0 spiro atoms. The molecular formula is C11H13NO3S. The van der Waals surface area contributed by atoms with Gasteiger partial charge in [0.05, 0.1) is 13.7 Å². The number of hydrogen-bond acceptors (Lipinski definition) is 4. The van der Waals surface area contributed by atoms with Crippen LogP contribution in [0.25, 0.3) is 0 Å². The predicted octanol–water partition coefficient (Wildman–Crippen LogP) is 1.41. The molecule has 1 aromatic heterocycles. The summed E-state index contributed by atoms with van der Waals surface area (Å²) in [4.78, 5) is 25.8. The lowest BCUT2D eigenvalue weighted by Gasteiger charge is -2.21. The van der Waals surface area contributed by atoms with Gasteiger partial charge in [0.2, 0.25) is 5.91 Å². The number of esters is 1. The number of thiophene rings is 1. The van der Waals surface area contributed by atoms with Gasteiger partial charge in [0.25, 0.3) is 0 Å². The molecule has 5 heteroatoms. The van der Waals surface area contributed by atoms with Crippen molar-refractivity contribution in [1.29, 1.82) is 0 Å². The van der Waals surface area contributed by atoms with Crippen molar-refractivity contribution in [1.82, 2.24) is 4.90 Å². The number of carbonyl (C=O) groups excluding carboxylic acids is 2. The van der Waals surface area contributed by atoms with E-state index in [0.29, 0.717) is 19.4 Å². The SMILES string of the molecule is COC(=O)C1CCC(=O)N1Cc1cccs1. The van der Waals surface area contributed by atoms with Crippen molar-refractivity contribution >= 4 is 23.2 Å². The topological polar surface area (TPSA) is 46.6 Å². The third kappa shape index (κ3) is 2.09. The highest BCUT2D eigenvalue weighted by molar-refractivity contribution is 7.09. The lowest BCUT2D eigenvalue weighted by Crippen LogP contribution is -2.38. The summed E-state index contributed by atoms with van der Waals surface area (Å²) >= 11 is 1.59. The number of nitrogens with zero attached hydrogens (tertiary/aromatic N) is 1. The van der Waals surface area contributed by atoms with Crippen molar-refractivity contribution in [2.24, 2.45) is 0 Å². The van der Waals surface area contributed by atoms with Crippen LogP contribution in [0.2, 0.25) is 0 Å². The molecule has 1 unspecified atom stereocenters. The van der Waals surface area contributed by atoms with Gasteiger partial charge in [-0.1, -0.05) is 6.07 Å². The molecule has 2 heterocycles. The Morgan fingerprint density at radius 2 is 2.50 bits per heavy atom. The average molecular weight is 239 g/mol. The van der Waals surface area contributed by atoms with E-state index in [0.717, 1.165) is 4.88 Å². The van der Waals surface area contributed by atoms with Crippen LogP contribution in [-0.2, 0) is 20.9 Å². The number of ether oxygens (including phenoxy) is 1. The summed E-state index contributed by atoms with van der Waals surface area (Å²) < 4.78 is 4.70. The molecule has 1 amide bonds. The number of hydrogen-bond donors (Lipinski definition) is 0. The molecule has 0 aromatic carbocycles. The minimum atomic E-state index is -0.403. The molecule has 1 atom stereocenters. The van der Waals surface area contributed by atoms with Crippen LogP contribution in [0.3, 0.4) is 0 Å². The van der Waals surface area contributed by atoms with Gasteiger partial charge in [-0.2, -0.15) is 0 Å². The predicted molar refractivity (Wildman–Crippen MR) is 59.9 cm³/mol. The fourth-order valence-electron chi connectivity index (χ4n) is 1.88. The Bertz CT molecular complexity index is 388. The van der Waals surface area contributed by atoms with Crippen LogP contribution in [-0.4, -0.2) is 29.9 Å². The molecule has 0 aliphatic carbocycles. The van der Waals surface area contributed by atoms with E-state index in [9.17, 15) is 9.59 Å². The van der Waals surface area contributed by atoms with Crippen LogP contribution in [0.5, 0.6) is 0 Å². The summed E-state index contributed by atoms with van der Waals surface area (Å²) in [5.74, 6) is -0.286. The first-order valence-corrected chi connectivity index (χ1v) is 6.00. The molecule has 2 rings (SSSR count). The monoisotopic (exact) mass is 239 g/mol. The highest BCUT2D eigenvalue weighted by atomic mass is 32.1. The van der Waals surface area contributed by atoms with Crippen molar-refractivity contribution in [3.8, 4) is 0 Å². The molecule has 0 saturated carbocycles. The summed E-state index contributed by atoms with van der Waals surface area (Å²) in [7, 11) is 1.36. The summed E-state index contributed by atoms with van der Waals surface area (Å²) in [6.07, 6.45) is 1.00. The zero-order chi connectivity index (χ0) is 11.5. The molecule has 1 aliphatic rings. The van der Waals surface area contributed by atoms with Crippen molar-refractivity contribution in [3.63, 3.8) is 0 Å². The van der Waals surface area contributed by atoms with Gasteiger partial charge in [-0.25, -0.2) is 4.79 Å². The lowest BCUT2D eigenvalue weighted by molar-refractivity contribution is -0.149. The van der Waals surface area contributed by atoms with Crippen molar-refractivity contribution in [2.75, 3.05) is 7.11 Å². The quantitative estimate of drug-likeness (QED) is 0.749. The van der Waals surface area contributed by atoms with Crippen LogP contribution in [0.15, 0.2) is 17.5 Å². The second-order valence-corrected chi connectivity index (χ2v) is 4.71. The Labute approximate surface area is 97.8 Å². The number of methoxy groups -OCH3 is 1. The van der Waals surface area contributed by atoms with Crippen molar-refractivity contribution in [3.05, 3.63) is 22.4 Å². The fourth-order valence-corrected chi connectivity index (χ4v) is 2.59. The van der Waals surface area contributed by atoms with Crippen LogP contribution in [0, 0.1) is 0 Å². The van der Waals surface area contributed by atoms with E-state index in [-0.39, 0.29) is 11.9 Å². The zero-order valence-electron chi connectivity index (χ0n) is 9.01. The third-order valence-corrected chi connectivity index (χ3v) is 3.57. The molecule has 1 fully saturated rings. The van der Waals surface area contributed by atoms with E-state index in [1.165, 1.54) is 7.11 Å². The molecule has 1 aromatic rings. The molecule has 86 valence electrons. The van der Waals surface area contributed by atoms with Gasteiger partial charge in [-0.3, -0.25) is 4.79 Å². The largest absolute Gasteiger partial charge is 0.467 e. The Balaban J connectivity index is 2.10. The van der Waals surface area contributed by atoms with E-state index in [1.807, 2.05) is 17.5 Å². The van der Waals surface area contributed by atoms with Crippen LogP contribution in [0.1, 0.15) is 17.7 Å². The van der Waals surface area contributed by atoms with E-state index >= 15 is 0 Å². The summed E-state index contributed by atoms with van der Waals surface area (Å²) in [5, 5.41) is 1.96. The minimum absolute atomic E-state index is 0.0313. The maximum absolute atomic E-state index is 11.7. The first-order valence-electron chi connectivity index (χ1n) is 5.12. The Morgan fingerprint density at radius 3 is 3.12 bits per heavy atom.